The van der Waals surface area contributed by atoms with Crippen LogP contribution in [-0.4, -0.2) is 30.6 Å². The molecule has 0 aromatic heterocycles. The molecule has 0 spiro atoms. The lowest BCUT2D eigenvalue weighted by molar-refractivity contribution is -0.126. The summed E-state index contributed by atoms with van der Waals surface area (Å²) in [4.78, 5) is 37.6. The van der Waals surface area contributed by atoms with E-state index in [9.17, 15) is 14.4 Å². The second-order valence-corrected chi connectivity index (χ2v) is 6.68. The molecule has 1 aliphatic rings. The second kappa shape index (κ2) is 8.56. The van der Waals surface area contributed by atoms with Crippen molar-refractivity contribution in [2.75, 3.05) is 11.4 Å². The predicted molar refractivity (Wildman–Crippen MR) is 105 cm³/mol. The minimum atomic E-state index is -0.894. The Balaban J connectivity index is 1.63. The quantitative estimate of drug-likeness (QED) is 0.776. The topological polar surface area (TPSA) is 102 Å². The maximum absolute atomic E-state index is 12.8. The number of nitrogens with one attached hydrogen (secondary N) is 1. The summed E-state index contributed by atoms with van der Waals surface area (Å²) in [7, 11) is 0. The summed E-state index contributed by atoms with van der Waals surface area (Å²) >= 11 is 0. The molecule has 0 saturated carbocycles. The molecule has 1 unspecified atom stereocenters. The molecular formula is C21H23N3O4. The molecule has 0 saturated heterocycles. The number of ether oxygens (including phenoxy) is 1. The average Bonchev–Trinajstić information content (AvgIpc) is 2.71. The number of amides is 3. The second-order valence-electron chi connectivity index (χ2n) is 6.68. The highest BCUT2D eigenvalue weighted by Crippen LogP contribution is 2.27. The lowest BCUT2D eigenvalue weighted by Gasteiger charge is -2.31. The molecule has 1 heterocycles. The minimum absolute atomic E-state index is 0.234. The van der Waals surface area contributed by atoms with Crippen LogP contribution in [0.25, 0.3) is 0 Å². The third-order valence-electron chi connectivity index (χ3n) is 4.66. The van der Waals surface area contributed by atoms with Crippen LogP contribution in [0.15, 0.2) is 48.5 Å². The van der Waals surface area contributed by atoms with Gasteiger partial charge in [0, 0.05) is 18.8 Å². The number of aryl methyl sites for hydroxylation is 1. The van der Waals surface area contributed by atoms with Crippen molar-refractivity contribution < 1.29 is 19.1 Å². The average molecular weight is 381 g/mol. The van der Waals surface area contributed by atoms with Crippen LogP contribution in [0.2, 0.25) is 0 Å². The standard InChI is InChI=1S/C21H23N3O4/c1-14(19(25)24-12-4-6-16-5-2-3-7-18(16)24)28-20(26)17-10-8-15(9-11-17)13-23-21(22)27/h2-3,5,7-11,14H,4,6,12-13H2,1H3,(H3,22,23,27). The molecule has 1 atom stereocenters. The largest absolute Gasteiger partial charge is 0.449 e. The Kier molecular flexibility index (Phi) is 5.93. The lowest BCUT2D eigenvalue weighted by Crippen LogP contribution is -2.42. The van der Waals surface area contributed by atoms with Gasteiger partial charge in [0.25, 0.3) is 5.91 Å². The third kappa shape index (κ3) is 4.49. The van der Waals surface area contributed by atoms with Gasteiger partial charge in [0.05, 0.1) is 5.56 Å². The number of esters is 1. The highest BCUT2D eigenvalue weighted by atomic mass is 16.5. The number of fused-ring (bicyclic) bond motifs is 1. The monoisotopic (exact) mass is 381 g/mol. The fourth-order valence-corrected chi connectivity index (χ4v) is 3.21. The number of nitrogens with zero attached hydrogens (tertiary/aromatic N) is 1. The molecule has 2 aromatic rings. The van der Waals surface area contributed by atoms with E-state index in [-0.39, 0.29) is 12.5 Å². The molecule has 0 aliphatic carbocycles. The van der Waals surface area contributed by atoms with E-state index in [1.54, 1.807) is 36.1 Å². The highest BCUT2D eigenvalue weighted by Gasteiger charge is 2.28. The molecule has 3 amide bonds. The van der Waals surface area contributed by atoms with Gasteiger partial charge in [-0.3, -0.25) is 4.79 Å². The van der Waals surface area contributed by atoms with Crippen LogP contribution in [0.1, 0.15) is 34.8 Å². The number of primary amides is 1. The number of carbonyl (C=O) groups excluding carboxylic acids is 3. The summed E-state index contributed by atoms with van der Waals surface area (Å²) in [6.07, 6.45) is 0.921. The minimum Gasteiger partial charge on any atom is -0.449 e. The van der Waals surface area contributed by atoms with E-state index in [1.165, 1.54) is 0 Å². The van der Waals surface area contributed by atoms with Crippen molar-refractivity contribution >= 4 is 23.6 Å². The SMILES string of the molecule is CC(OC(=O)c1ccc(CNC(N)=O)cc1)C(=O)N1CCCc2ccccc21. The van der Waals surface area contributed by atoms with Gasteiger partial charge in [0.15, 0.2) is 6.10 Å². The Labute approximate surface area is 163 Å². The summed E-state index contributed by atoms with van der Waals surface area (Å²) in [5, 5.41) is 2.47. The fraction of sp³-hybridized carbons (Fsp3) is 0.286. The van der Waals surface area contributed by atoms with Crippen LogP contribution in [0.4, 0.5) is 10.5 Å². The zero-order valence-corrected chi connectivity index (χ0v) is 15.7. The van der Waals surface area contributed by atoms with E-state index in [0.717, 1.165) is 29.7 Å². The van der Waals surface area contributed by atoms with E-state index in [1.807, 2.05) is 24.3 Å². The zero-order valence-electron chi connectivity index (χ0n) is 15.7. The molecule has 2 aromatic carbocycles. The molecule has 7 nitrogen and oxygen atoms in total. The van der Waals surface area contributed by atoms with Crippen LogP contribution in [0.5, 0.6) is 0 Å². The summed E-state index contributed by atoms with van der Waals surface area (Å²) in [6.45, 7) is 2.47. The van der Waals surface area contributed by atoms with E-state index >= 15 is 0 Å². The van der Waals surface area contributed by atoms with Gasteiger partial charge < -0.3 is 20.7 Å². The molecule has 7 heteroatoms. The molecule has 3 rings (SSSR count). The molecule has 1 aliphatic heterocycles. The van der Waals surface area contributed by atoms with Crippen LogP contribution in [0.3, 0.4) is 0 Å². The van der Waals surface area contributed by atoms with Gasteiger partial charge in [0.1, 0.15) is 0 Å². The Morgan fingerprint density at radius 2 is 1.86 bits per heavy atom. The summed E-state index contributed by atoms with van der Waals surface area (Å²) in [6, 6.07) is 13.7. The van der Waals surface area contributed by atoms with Crippen molar-refractivity contribution in [2.24, 2.45) is 5.73 Å². The van der Waals surface area contributed by atoms with Crippen LogP contribution >= 0.6 is 0 Å². The Morgan fingerprint density at radius 1 is 1.14 bits per heavy atom. The number of anilines is 1. The first-order valence-corrected chi connectivity index (χ1v) is 9.18. The summed E-state index contributed by atoms with van der Waals surface area (Å²) < 4.78 is 5.38. The Morgan fingerprint density at radius 3 is 2.57 bits per heavy atom. The number of rotatable bonds is 5. The van der Waals surface area contributed by atoms with Crippen molar-refractivity contribution in [2.45, 2.75) is 32.4 Å². The maximum Gasteiger partial charge on any atom is 0.338 e. The summed E-state index contributed by atoms with van der Waals surface area (Å²) in [5.41, 5.74) is 8.17. The number of para-hydroxylation sites is 1. The lowest BCUT2D eigenvalue weighted by atomic mass is 10.0. The van der Waals surface area contributed by atoms with Gasteiger partial charge >= 0.3 is 12.0 Å². The number of carbonyl (C=O) groups is 3. The van der Waals surface area contributed by atoms with E-state index in [4.69, 9.17) is 10.5 Å². The maximum atomic E-state index is 12.8. The first-order valence-electron chi connectivity index (χ1n) is 9.18. The van der Waals surface area contributed by atoms with Crippen molar-refractivity contribution in [3.05, 3.63) is 65.2 Å². The van der Waals surface area contributed by atoms with Crippen molar-refractivity contribution in [3.63, 3.8) is 0 Å². The van der Waals surface area contributed by atoms with E-state index in [2.05, 4.69) is 5.32 Å². The number of nitrogens with two attached hydrogens (primary N) is 1. The molecule has 146 valence electrons. The van der Waals surface area contributed by atoms with E-state index in [0.29, 0.717) is 12.1 Å². The van der Waals surface area contributed by atoms with E-state index < -0.39 is 18.1 Å². The van der Waals surface area contributed by atoms with Crippen molar-refractivity contribution in [1.82, 2.24) is 5.32 Å². The third-order valence-corrected chi connectivity index (χ3v) is 4.66. The summed E-state index contributed by atoms with van der Waals surface area (Å²) in [5.74, 6) is -0.802. The number of urea groups is 1. The fourth-order valence-electron chi connectivity index (χ4n) is 3.21. The van der Waals surface area contributed by atoms with Gasteiger partial charge in [0.2, 0.25) is 0 Å². The molecule has 3 N–H and O–H groups in total. The van der Waals surface area contributed by atoms with Crippen molar-refractivity contribution in [3.8, 4) is 0 Å². The highest BCUT2D eigenvalue weighted by molar-refractivity contribution is 5.99. The molecule has 0 fully saturated rings. The van der Waals surface area contributed by atoms with Gasteiger partial charge in [-0.05, 0) is 49.1 Å². The number of hydrogen-bond acceptors (Lipinski definition) is 4. The number of benzene rings is 2. The smallest absolute Gasteiger partial charge is 0.338 e. The van der Waals surface area contributed by atoms with Crippen LogP contribution in [0, 0.1) is 0 Å². The number of hydrogen-bond donors (Lipinski definition) is 2. The van der Waals surface area contributed by atoms with Crippen LogP contribution in [-0.2, 0) is 22.5 Å². The van der Waals surface area contributed by atoms with Gasteiger partial charge in [-0.25, -0.2) is 9.59 Å². The first-order chi connectivity index (χ1) is 13.5. The first kappa shape index (κ1) is 19.4. The Hall–Kier alpha value is -3.35. The van der Waals surface area contributed by atoms with Gasteiger partial charge in [-0.1, -0.05) is 30.3 Å². The normalized spacial score (nSPS) is 14.0. The molecule has 0 bridgehead atoms. The Bertz CT molecular complexity index is 879. The van der Waals surface area contributed by atoms with Gasteiger partial charge in [-0.15, -0.1) is 0 Å². The molecule has 0 radical (unpaired) electrons. The van der Waals surface area contributed by atoms with Crippen LogP contribution < -0.4 is 16.0 Å². The zero-order chi connectivity index (χ0) is 20.1. The van der Waals surface area contributed by atoms with Gasteiger partial charge in [-0.2, -0.15) is 0 Å². The van der Waals surface area contributed by atoms with Crippen molar-refractivity contribution in [1.29, 1.82) is 0 Å². The molecular weight excluding hydrogens is 358 g/mol. The molecule has 28 heavy (non-hydrogen) atoms. The predicted octanol–water partition coefficient (Wildman–Crippen LogP) is 2.38.